The molecule has 6 heteroatoms. The minimum atomic E-state index is -0.408. The minimum absolute atomic E-state index is 0.145. The molecule has 4 atom stereocenters. The van der Waals surface area contributed by atoms with E-state index in [2.05, 4.69) is 15.1 Å². The van der Waals surface area contributed by atoms with Crippen molar-refractivity contribution in [3.8, 4) is 5.75 Å². The van der Waals surface area contributed by atoms with Crippen molar-refractivity contribution in [1.29, 1.82) is 0 Å². The summed E-state index contributed by atoms with van der Waals surface area (Å²) in [5.74, 6) is 1.90. The number of fused-ring (bicyclic) bond motifs is 1. The van der Waals surface area contributed by atoms with Crippen LogP contribution in [0.1, 0.15) is 18.4 Å². The molecule has 0 spiro atoms. The van der Waals surface area contributed by atoms with E-state index in [1.54, 1.807) is 0 Å². The van der Waals surface area contributed by atoms with Crippen LogP contribution in [-0.4, -0.2) is 52.0 Å². The van der Waals surface area contributed by atoms with Gasteiger partial charge in [-0.1, -0.05) is 17.7 Å². The Bertz CT molecular complexity index is 694. The summed E-state index contributed by atoms with van der Waals surface area (Å²) in [5, 5.41) is 18.1. The molecule has 2 aromatic rings. The summed E-state index contributed by atoms with van der Waals surface area (Å²) in [6, 6.07) is 7.42. The lowest BCUT2D eigenvalue weighted by Gasteiger charge is -2.35. The number of rotatable bonds is 5. The number of H-pyrrole nitrogens is 1. The second-order valence-electron chi connectivity index (χ2n) is 7.29. The van der Waals surface area contributed by atoms with Gasteiger partial charge in [-0.2, -0.15) is 5.10 Å². The summed E-state index contributed by atoms with van der Waals surface area (Å²) in [7, 11) is 0. The summed E-state index contributed by atoms with van der Waals surface area (Å²) >= 11 is 6.03. The Morgan fingerprint density at radius 2 is 2.12 bits per heavy atom. The Morgan fingerprint density at radius 3 is 2.88 bits per heavy atom. The summed E-state index contributed by atoms with van der Waals surface area (Å²) in [4.78, 5) is 2.51. The van der Waals surface area contributed by atoms with E-state index in [-0.39, 0.29) is 6.10 Å². The SMILES string of the molecule is O[C@@H]1C[C@H]2CN(CCc3cn[nH]c3)C[C@H]2C[C@H]1Oc1cccc(Cl)c1. The predicted octanol–water partition coefficient (Wildman–Crippen LogP) is 2.76. The van der Waals surface area contributed by atoms with E-state index < -0.39 is 6.10 Å². The molecule has 5 nitrogen and oxygen atoms in total. The average Bonchev–Trinajstić information content (AvgIpc) is 3.22. The van der Waals surface area contributed by atoms with E-state index >= 15 is 0 Å². The maximum atomic E-state index is 10.5. The summed E-state index contributed by atoms with van der Waals surface area (Å²) < 4.78 is 6.05. The summed E-state index contributed by atoms with van der Waals surface area (Å²) in [5.41, 5.74) is 1.25. The van der Waals surface area contributed by atoms with E-state index in [9.17, 15) is 5.11 Å². The molecule has 2 fully saturated rings. The lowest BCUT2D eigenvalue weighted by molar-refractivity contribution is -0.0231. The molecule has 1 saturated carbocycles. The first-order valence-corrected chi connectivity index (χ1v) is 9.35. The van der Waals surface area contributed by atoms with Crippen molar-refractivity contribution in [2.75, 3.05) is 19.6 Å². The number of nitrogens with zero attached hydrogens (tertiary/aromatic N) is 2. The van der Waals surface area contributed by atoms with Crippen LogP contribution >= 0.6 is 11.6 Å². The Morgan fingerprint density at radius 1 is 1.28 bits per heavy atom. The molecule has 1 aliphatic carbocycles. The number of halogens is 1. The zero-order chi connectivity index (χ0) is 17.2. The third-order valence-corrected chi connectivity index (χ3v) is 5.75. The highest BCUT2D eigenvalue weighted by Gasteiger charge is 2.42. The van der Waals surface area contributed by atoms with Gasteiger partial charge < -0.3 is 14.7 Å². The molecule has 134 valence electrons. The zero-order valence-electron chi connectivity index (χ0n) is 14.1. The van der Waals surface area contributed by atoms with Gasteiger partial charge in [-0.3, -0.25) is 5.10 Å². The molecule has 0 unspecified atom stereocenters. The number of hydrogen-bond acceptors (Lipinski definition) is 4. The molecule has 1 saturated heterocycles. The number of ether oxygens (including phenoxy) is 1. The standard InChI is InChI=1S/C19H24ClN3O2/c20-16-2-1-3-17(8-16)25-19-7-15-12-23(11-14(15)6-18(19)24)5-4-13-9-21-22-10-13/h1-3,8-10,14-15,18-19,24H,4-7,11-12H2,(H,21,22)/t14-,15+,18+,19+/m0/s1. The van der Waals surface area contributed by atoms with Crippen LogP contribution in [0.2, 0.25) is 5.02 Å². The Balaban J connectivity index is 1.33. The normalized spacial score (nSPS) is 29.5. The lowest BCUT2D eigenvalue weighted by Crippen LogP contribution is -2.42. The van der Waals surface area contributed by atoms with Crippen molar-refractivity contribution in [2.45, 2.75) is 31.5 Å². The van der Waals surface area contributed by atoms with Crippen molar-refractivity contribution in [3.05, 3.63) is 47.2 Å². The van der Waals surface area contributed by atoms with Crippen LogP contribution in [0.4, 0.5) is 0 Å². The maximum Gasteiger partial charge on any atom is 0.125 e. The van der Waals surface area contributed by atoms with Crippen LogP contribution in [0.15, 0.2) is 36.7 Å². The second-order valence-corrected chi connectivity index (χ2v) is 7.73. The molecule has 0 amide bonds. The maximum absolute atomic E-state index is 10.5. The van der Waals surface area contributed by atoms with E-state index in [1.165, 1.54) is 5.56 Å². The Kier molecular flexibility index (Phi) is 4.97. The first kappa shape index (κ1) is 16.9. The highest BCUT2D eigenvalue weighted by atomic mass is 35.5. The number of aromatic amines is 1. The number of aliphatic hydroxyl groups is 1. The van der Waals surface area contributed by atoms with Gasteiger partial charge >= 0.3 is 0 Å². The average molecular weight is 362 g/mol. The second kappa shape index (κ2) is 7.36. The quantitative estimate of drug-likeness (QED) is 0.859. The van der Waals surface area contributed by atoms with Gasteiger partial charge in [-0.25, -0.2) is 0 Å². The lowest BCUT2D eigenvalue weighted by atomic mass is 9.78. The zero-order valence-corrected chi connectivity index (χ0v) is 14.9. The first-order chi connectivity index (χ1) is 12.2. The molecule has 1 aromatic carbocycles. The number of likely N-dealkylation sites (tertiary alicyclic amines) is 1. The number of aliphatic hydroxyl groups excluding tert-OH is 1. The van der Waals surface area contributed by atoms with Crippen LogP contribution in [0, 0.1) is 11.8 Å². The van der Waals surface area contributed by atoms with Crippen LogP contribution in [0.3, 0.4) is 0 Å². The largest absolute Gasteiger partial charge is 0.488 e. The van der Waals surface area contributed by atoms with Crippen molar-refractivity contribution < 1.29 is 9.84 Å². The minimum Gasteiger partial charge on any atom is -0.488 e. The van der Waals surface area contributed by atoms with Gasteiger partial charge in [0.1, 0.15) is 11.9 Å². The third kappa shape index (κ3) is 4.00. The van der Waals surface area contributed by atoms with Gasteiger partial charge in [-0.15, -0.1) is 0 Å². The van der Waals surface area contributed by atoms with Gasteiger partial charge in [0.25, 0.3) is 0 Å². The van der Waals surface area contributed by atoms with Gasteiger partial charge in [0, 0.05) is 30.9 Å². The first-order valence-electron chi connectivity index (χ1n) is 8.97. The van der Waals surface area contributed by atoms with Crippen molar-refractivity contribution in [1.82, 2.24) is 15.1 Å². The highest BCUT2D eigenvalue weighted by molar-refractivity contribution is 6.30. The van der Waals surface area contributed by atoms with E-state index in [4.69, 9.17) is 16.3 Å². The number of aromatic nitrogens is 2. The van der Waals surface area contributed by atoms with Crippen LogP contribution < -0.4 is 4.74 Å². The molecular weight excluding hydrogens is 338 g/mol. The van der Waals surface area contributed by atoms with Crippen LogP contribution in [0.25, 0.3) is 0 Å². The molecule has 2 aliphatic rings. The molecule has 1 aromatic heterocycles. The van der Waals surface area contributed by atoms with Gasteiger partial charge in [0.2, 0.25) is 0 Å². The number of benzene rings is 1. The summed E-state index contributed by atoms with van der Waals surface area (Å²) in [6.45, 7) is 3.20. The molecule has 2 N–H and O–H groups in total. The van der Waals surface area contributed by atoms with Gasteiger partial charge in [-0.05, 0) is 54.9 Å². The van der Waals surface area contributed by atoms with Crippen LogP contribution in [0.5, 0.6) is 5.75 Å². The molecule has 0 bridgehead atoms. The number of hydrogen-bond donors (Lipinski definition) is 2. The predicted molar refractivity (Wildman–Crippen MR) is 96.8 cm³/mol. The fourth-order valence-corrected chi connectivity index (χ4v) is 4.39. The van der Waals surface area contributed by atoms with Gasteiger partial charge in [0.05, 0.1) is 12.3 Å². The molecule has 0 radical (unpaired) electrons. The van der Waals surface area contributed by atoms with E-state index in [1.807, 2.05) is 36.7 Å². The van der Waals surface area contributed by atoms with Crippen molar-refractivity contribution in [2.24, 2.45) is 11.8 Å². The van der Waals surface area contributed by atoms with Crippen molar-refractivity contribution >= 4 is 11.6 Å². The fourth-order valence-electron chi connectivity index (χ4n) is 4.21. The summed E-state index contributed by atoms with van der Waals surface area (Å²) in [6.07, 6.45) is 6.03. The van der Waals surface area contributed by atoms with Crippen LogP contribution in [-0.2, 0) is 6.42 Å². The smallest absolute Gasteiger partial charge is 0.125 e. The van der Waals surface area contributed by atoms with Gasteiger partial charge in [0.15, 0.2) is 0 Å². The van der Waals surface area contributed by atoms with E-state index in [0.29, 0.717) is 16.9 Å². The highest BCUT2D eigenvalue weighted by Crippen LogP contribution is 2.38. The Labute approximate surface area is 152 Å². The Hall–Kier alpha value is -1.56. The molecule has 1 aliphatic heterocycles. The topological polar surface area (TPSA) is 61.4 Å². The molecular formula is C19H24ClN3O2. The molecule has 2 heterocycles. The monoisotopic (exact) mass is 361 g/mol. The third-order valence-electron chi connectivity index (χ3n) is 5.52. The molecule has 4 rings (SSSR count). The number of nitrogens with one attached hydrogen (secondary N) is 1. The molecule has 25 heavy (non-hydrogen) atoms. The van der Waals surface area contributed by atoms with Crippen molar-refractivity contribution in [3.63, 3.8) is 0 Å². The fraction of sp³-hybridized carbons (Fsp3) is 0.526. The van der Waals surface area contributed by atoms with E-state index in [0.717, 1.165) is 44.6 Å².